The fraction of sp³-hybridized carbons (Fsp3) is 0.643. The van der Waals surface area contributed by atoms with E-state index in [-0.39, 0.29) is 31.5 Å². The highest BCUT2D eigenvalue weighted by Gasteiger charge is 2.21. The van der Waals surface area contributed by atoms with Crippen LogP contribution in [0.15, 0.2) is 22.8 Å². The van der Waals surface area contributed by atoms with Crippen molar-refractivity contribution in [1.82, 2.24) is 9.62 Å². The molecule has 0 radical (unpaired) electrons. The van der Waals surface area contributed by atoms with Gasteiger partial charge in [0.1, 0.15) is 5.76 Å². The lowest BCUT2D eigenvalue weighted by molar-refractivity contribution is -0.121. The predicted octanol–water partition coefficient (Wildman–Crippen LogP) is 1.49. The first-order chi connectivity index (χ1) is 9.95. The zero-order chi connectivity index (χ0) is 15.3. The summed E-state index contributed by atoms with van der Waals surface area (Å²) in [5.74, 6) is 0.478. The molecule has 21 heavy (non-hydrogen) atoms. The van der Waals surface area contributed by atoms with E-state index in [4.69, 9.17) is 4.42 Å². The minimum atomic E-state index is -3.37. The second kappa shape index (κ2) is 7.09. The van der Waals surface area contributed by atoms with Crippen LogP contribution in [-0.2, 0) is 21.4 Å². The maximum atomic E-state index is 11.9. The third-order valence-electron chi connectivity index (χ3n) is 3.69. The first-order valence-corrected chi connectivity index (χ1v) is 9.07. The number of carbonyl (C=O) groups is 1. The van der Waals surface area contributed by atoms with Crippen LogP contribution in [0.4, 0.5) is 0 Å². The molecule has 6 nitrogen and oxygen atoms in total. The van der Waals surface area contributed by atoms with E-state index in [2.05, 4.69) is 5.32 Å². The molecule has 1 heterocycles. The van der Waals surface area contributed by atoms with Crippen LogP contribution in [0, 0.1) is 0 Å². The van der Waals surface area contributed by atoms with Crippen molar-refractivity contribution in [1.29, 1.82) is 0 Å². The third-order valence-corrected chi connectivity index (χ3v) is 4.94. The Labute approximate surface area is 125 Å². The first-order valence-electron chi connectivity index (χ1n) is 7.22. The number of amides is 1. The van der Waals surface area contributed by atoms with Crippen LogP contribution in [0.5, 0.6) is 0 Å². The van der Waals surface area contributed by atoms with Gasteiger partial charge < -0.3 is 9.73 Å². The summed E-state index contributed by atoms with van der Waals surface area (Å²) in [5, 5.41) is 2.96. The van der Waals surface area contributed by atoms with Gasteiger partial charge in [0.05, 0.1) is 19.1 Å². The molecule has 1 aromatic rings. The van der Waals surface area contributed by atoms with Crippen molar-refractivity contribution in [2.45, 2.75) is 44.7 Å². The van der Waals surface area contributed by atoms with E-state index in [0.717, 1.165) is 31.9 Å². The van der Waals surface area contributed by atoms with Gasteiger partial charge in [-0.15, -0.1) is 0 Å². The molecule has 0 saturated heterocycles. The first kappa shape index (κ1) is 16.0. The normalized spacial score (nSPS) is 16.5. The topological polar surface area (TPSA) is 79.6 Å². The zero-order valence-electron chi connectivity index (χ0n) is 12.2. The predicted molar refractivity (Wildman–Crippen MR) is 79.0 cm³/mol. The summed E-state index contributed by atoms with van der Waals surface area (Å²) in [6, 6.07) is 3.69. The molecule has 2 rings (SSSR count). The van der Waals surface area contributed by atoms with Crippen LogP contribution in [0.1, 0.15) is 37.9 Å². The van der Waals surface area contributed by atoms with Gasteiger partial charge in [-0.3, -0.25) is 4.79 Å². The number of nitrogens with zero attached hydrogens (tertiary/aromatic N) is 1. The summed E-state index contributed by atoms with van der Waals surface area (Å²) in [7, 11) is -3.37. The van der Waals surface area contributed by atoms with Crippen LogP contribution < -0.4 is 5.32 Å². The minimum absolute atomic E-state index is 0.0880. The molecule has 0 aliphatic heterocycles. The molecular weight excluding hydrogens is 292 g/mol. The number of sulfonamides is 1. The Morgan fingerprint density at radius 2 is 2.14 bits per heavy atom. The van der Waals surface area contributed by atoms with Gasteiger partial charge in [0, 0.05) is 19.0 Å². The molecule has 1 saturated carbocycles. The zero-order valence-corrected chi connectivity index (χ0v) is 13.1. The number of hydrogen-bond donors (Lipinski definition) is 1. The number of hydrogen-bond acceptors (Lipinski definition) is 4. The summed E-state index contributed by atoms with van der Waals surface area (Å²) in [4.78, 5) is 11.9. The summed E-state index contributed by atoms with van der Waals surface area (Å²) in [6.07, 6.45) is 7.16. The SMILES string of the molecule is CS(=O)(=O)N(CCC(=O)NC1CCCC1)Cc1ccco1. The van der Waals surface area contributed by atoms with E-state index in [0.29, 0.717) is 5.76 Å². The molecule has 7 heteroatoms. The van der Waals surface area contributed by atoms with Crippen molar-refractivity contribution in [3.63, 3.8) is 0 Å². The molecular formula is C14H22N2O4S. The number of nitrogens with one attached hydrogen (secondary N) is 1. The molecule has 0 spiro atoms. The molecule has 118 valence electrons. The monoisotopic (exact) mass is 314 g/mol. The van der Waals surface area contributed by atoms with Crippen molar-refractivity contribution >= 4 is 15.9 Å². The lowest BCUT2D eigenvalue weighted by atomic mass is 10.2. The van der Waals surface area contributed by atoms with Gasteiger partial charge in [-0.1, -0.05) is 12.8 Å². The van der Waals surface area contributed by atoms with Crippen molar-refractivity contribution in [3.8, 4) is 0 Å². The average Bonchev–Trinajstić information content (AvgIpc) is 3.05. The van der Waals surface area contributed by atoms with Crippen molar-refractivity contribution < 1.29 is 17.6 Å². The summed E-state index contributed by atoms with van der Waals surface area (Å²) in [5.41, 5.74) is 0. The van der Waals surface area contributed by atoms with Gasteiger partial charge >= 0.3 is 0 Å². The Kier molecular flexibility index (Phi) is 5.41. The lowest BCUT2D eigenvalue weighted by Gasteiger charge is -2.19. The Bertz CT molecular complexity index is 548. The van der Waals surface area contributed by atoms with Gasteiger partial charge in [0.15, 0.2) is 0 Å². The minimum Gasteiger partial charge on any atom is -0.468 e. The van der Waals surface area contributed by atoms with Crippen molar-refractivity contribution in [2.24, 2.45) is 0 Å². The van der Waals surface area contributed by atoms with E-state index in [1.807, 2.05) is 0 Å². The van der Waals surface area contributed by atoms with Crippen molar-refractivity contribution in [3.05, 3.63) is 24.2 Å². The Morgan fingerprint density at radius 3 is 2.71 bits per heavy atom. The molecule has 0 bridgehead atoms. The quantitative estimate of drug-likeness (QED) is 0.827. The highest BCUT2D eigenvalue weighted by atomic mass is 32.2. The molecule has 0 aromatic carbocycles. The molecule has 1 aliphatic rings. The third kappa shape index (κ3) is 5.17. The maximum absolute atomic E-state index is 11.9. The molecule has 1 amide bonds. The van der Waals surface area contributed by atoms with Crippen LogP contribution in [0.3, 0.4) is 0 Å². The highest BCUT2D eigenvalue weighted by molar-refractivity contribution is 7.88. The summed E-state index contributed by atoms with van der Waals surface area (Å²) >= 11 is 0. The van der Waals surface area contributed by atoms with Gasteiger partial charge in [0.25, 0.3) is 0 Å². The summed E-state index contributed by atoms with van der Waals surface area (Å²) in [6.45, 7) is 0.320. The lowest BCUT2D eigenvalue weighted by Crippen LogP contribution is -2.37. The van der Waals surface area contributed by atoms with Crippen LogP contribution >= 0.6 is 0 Å². The van der Waals surface area contributed by atoms with E-state index in [9.17, 15) is 13.2 Å². The highest BCUT2D eigenvalue weighted by Crippen LogP contribution is 2.17. The van der Waals surface area contributed by atoms with E-state index < -0.39 is 10.0 Å². The van der Waals surface area contributed by atoms with Gasteiger partial charge in [-0.05, 0) is 25.0 Å². The smallest absolute Gasteiger partial charge is 0.221 e. The second-order valence-corrected chi connectivity index (χ2v) is 7.46. The maximum Gasteiger partial charge on any atom is 0.221 e. The number of carbonyl (C=O) groups excluding carboxylic acids is 1. The van der Waals surface area contributed by atoms with Gasteiger partial charge in [-0.25, -0.2) is 8.42 Å². The summed E-state index contributed by atoms with van der Waals surface area (Å²) < 4.78 is 30.0. The van der Waals surface area contributed by atoms with Gasteiger partial charge in [-0.2, -0.15) is 4.31 Å². The molecule has 0 atom stereocenters. The second-order valence-electron chi connectivity index (χ2n) is 5.47. The fourth-order valence-corrected chi connectivity index (χ4v) is 3.32. The average molecular weight is 314 g/mol. The number of rotatable bonds is 7. The molecule has 1 aliphatic carbocycles. The molecule has 1 fully saturated rings. The Balaban J connectivity index is 1.85. The van der Waals surface area contributed by atoms with Crippen LogP contribution in [0.2, 0.25) is 0 Å². The molecule has 0 unspecified atom stereocenters. The fourth-order valence-electron chi connectivity index (χ4n) is 2.53. The van der Waals surface area contributed by atoms with Crippen LogP contribution in [0.25, 0.3) is 0 Å². The molecule has 1 aromatic heterocycles. The molecule has 1 N–H and O–H groups in total. The Morgan fingerprint density at radius 1 is 1.43 bits per heavy atom. The van der Waals surface area contributed by atoms with E-state index >= 15 is 0 Å². The largest absolute Gasteiger partial charge is 0.468 e. The van der Waals surface area contributed by atoms with E-state index in [1.165, 1.54) is 10.6 Å². The Hall–Kier alpha value is -1.34. The standard InChI is InChI=1S/C14H22N2O4S/c1-21(18,19)16(11-13-7-4-10-20-13)9-8-14(17)15-12-5-2-3-6-12/h4,7,10,12H,2-3,5-6,8-9,11H2,1H3,(H,15,17). The van der Waals surface area contributed by atoms with Crippen molar-refractivity contribution in [2.75, 3.05) is 12.8 Å². The van der Waals surface area contributed by atoms with E-state index in [1.54, 1.807) is 12.1 Å². The number of furan rings is 1. The van der Waals surface area contributed by atoms with Gasteiger partial charge in [0.2, 0.25) is 15.9 Å². The van der Waals surface area contributed by atoms with Crippen LogP contribution in [-0.4, -0.2) is 37.5 Å².